The van der Waals surface area contributed by atoms with Gasteiger partial charge in [0.1, 0.15) is 15.8 Å². The lowest BCUT2D eigenvalue weighted by molar-refractivity contribution is -0.123. The molecule has 0 spiro atoms. The SMILES string of the molecule is Cc1cccn2c(=O)c(/C=C3/SC(=S)N(C4CCCC4)C3=O)c(N3CC(C)CC(C)C3)nc12. The Morgan fingerprint density at radius 3 is 2.55 bits per heavy atom. The third-order valence-electron chi connectivity index (χ3n) is 7.02. The summed E-state index contributed by atoms with van der Waals surface area (Å²) in [6.07, 6.45) is 8.91. The molecule has 6 nitrogen and oxygen atoms in total. The zero-order valence-corrected chi connectivity index (χ0v) is 21.0. The molecule has 8 heteroatoms. The zero-order valence-electron chi connectivity index (χ0n) is 19.4. The number of anilines is 1. The topological polar surface area (TPSA) is 57.9 Å². The third kappa shape index (κ3) is 4.12. The molecule has 3 aliphatic rings. The predicted octanol–water partition coefficient (Wildman–Crippen LogP) is 4.63. The molecule has 0 bridgehead atoms. The molecular formula is C25H30N4O2S2. The average Bonchev–Trinajstić information content (AvgIpc) is 3.37. The molecule has 2 saturated heterocycles. The second-order valence-electron chi connectivity index (χ2n) is 9.88. The van der Waals surface area contributed by atoms with Crippen LogP contribution in [0.2, 0.25) is 0 Å². The van der Waals surface area contributed by atoms with Crippen molar-refractivity contribution in [3.8, 4) is 0 Å². The van der Waals surface area contributed by atoms with Crippen LogP contribution < -0.4 is 10.5 Å². The number of carbonyl (C=O) groups is 1. The van der Waals surface area contributed by atoms with Crippen LogP contribution in [0.3, 0.4) is 0 Å². The van der Waals surface area contributed by atoms with Crippen LogP contribution in [0, 0.1) is 18.8 Å². The van der Waals surface area contributed by atoms with E-state index in [0.717, 1.165) is 50.8 Å². The summed E-state index contributed by atoms with van der Waals surface area (Å²) in [6, 6.07) is 4.02. The summed E-state index contributed by atoms with van der Waals surface area (Å²) in [7, 11) is 0. The molecule has 1 amide bonds. The largest absolute Gasteiger partial charge is 0.355 e. The van der Waals surface area contributed by atoms with E-state index in [1.165, 1.54) is 11.8 Å². The highest BCUT2D eigenvalue weighted by molar-refractivity contribution is 8.26. The lowest BCUT2D eigenvalue weighted by atomic mass is 9.91. The molecular weight excluding hydrogens is 452 g/mol. The molecule has 2 aliphatic heterocycles. The molecule has 2 aromatic rings. The smallest absolute Gasteiger partial charge is 0.267 e. The van der Waals surface area contributed by atoms with E-state index in [0.29, 0.717) is 38.1 Å². The van der Waals surface area contributed by atoms with Crippen molar-refractivity contribution in [2.45, 2.75) is 58.9 Å². The standard InChI is InChI=1S/C25H30N4O2S2/c1-15-11-16(2)14-27(13-15)22-19(23(30)28-10-6-7-17(3)21(28)26-22)12-20-24(31)29(25(32)33-20)18-8-4-5-9-18/h6-7,10,12,15-16,18H,4-5,8-9,11,13-14H2,1-3H3/b20-12+. The zero-order chi connectivity index (χ0) is 23.3. The molecule has 2 aromatic heterocycles. The van der Waals surface area contributed by atoms with Crippen molar-refractivity contribution >= 4 is 51.7 Å². The van der Waals surface area contributed by atoms with Gasteiger partial charge < -0.3 is 4.90 Å². The maximum absolute atomic E-state index is 13.7. The third-order valence-corrected chi connectivity index (χ3v) is 8.35. The fourth-order valence-electron chi connectivity index (χ4n) is 5.59. The number of fused-ring (bicyclic) bond motifs is 1. The van der Waals surface area contributed by atoms with Gasteiger partial charge in [-0.3, -0.25) is 18.9 Å². The number of aromatic nitrogens is 2. The van der Waals surface area contributed by atoms with Crippen LogP contribution in [0.25, 0.3) is 11.7 Å². The minimum absolute atomic E-state index is 0.0723. The Labute approximate surface area is 204 Å². The van der Waals surface area contributed by atoms with E-state index in [9.17, 15) is 9.59 Å². The Kier molecular flexibility index (Phi) is 6.07. The molecule has 0 N–H and O–H groups in total. The number of amides is 1. The molecule has 1 aliphatic carbocycles. The van der Waals surface area contributed by atoms with Crippen LogP contribution in [-0.4, -0.2) is 43.6 Å². The van der Waals surface area contributed by atoms with Crippen molar-refractivity contribution in [3.05, 3.63) is 44.7 Å². The number of aryl methyl sites for hydroxylation is 1. The van der Waals surface area contributed by atoms with Crippen molar-refractivity contribution in [3.63, 3.8) is 0 Å². The van der Waals surface area contributed by atoms with Crippen molar-refractivity contribution < 1.29 is 4.79 Å². The first-order chi connectivity index (χ1) is 15.8. The Morgan fingerprint density at radius 2 is 1.85 bits per heavy atom. The van der Waals surface area contributed by atoms with Gasteiger partial charge in [0, 0.05) is 25.3 Å². The molecule has 2 atom stereocenters. The van der Waals surface area contributed by atoms with Gasteiger partial charge in [-0.1, -0.05) is 56.7 Å². The molecule has 3 fully saturated rings. The summed E-state index contributed by atoms with van der Waals surface area (Å²) < 4.78 is 2.20. The molecule has 33 heavy (non-hydrogen) atoms. The van der Waals surface area contributed by atoms with Gasteiger partial charge in [-0.25, -0.2) is 4.98 Å². The highest BCUT2D eigenvalue weighted by Crippen LogP contribution is 2.38. The summed E-state index contributed by atoms with van der Waals surface area (Å²) in [6.45, 7) is 8.16. The second-order valence-corrected chi connectivity index (χ2v) is 11.6. The fourth-order valence-corrected chi connectivity index (χ4v) is 6.97. The monoisotopic (exact) mass is 482 g/mol. The normalized spacial score (nSPS) is 25.7. The van der Waals surface area contributed by atoms with Crippen molar-refractivity contribution in [2.24, 2.45) is 11.8 Å². The van der Waals surface area contributed by atoms with Crippen LogP contribution in [0.5, 0.6) is 0 Å². The number of hydrogen-bond acceptors (Lipinski definition) is 6. The van der Waals surface area contributed by atoms with Crippen LogP contribution >= 0.6 is 24.0 Å². The van der Waals surface area contributed by atoms with Crippen LogP contribution in [0.1, 0.15) is 57.1 Å². The Bertz CT molecular complexity index is 1200. The van der Waals surface area contributed by atoms with Crippen molar-refractivity contribution in [1.29, 1.82) is 0 Å². The number of pyridine rings is 1. The second kappa shape index (κ2) is 8.87. The maximum atomic E-state index is 13.7. The highest BCUT2D eigenvalue weighted by atomic mass is 32.2. The van der Waals surface area contributed by atoms with Gasteiger partial charge in [0.25, 0.3) is 11.5 Å². The Morgan fingerprint density at radius 1 is 1.15 bits per heavy atom. The lowest BCUT2D eigenvalue weighted by Crippen LogP contribution is -2.41. The number of nitrogens with zero attached hydrogens (tertiary/aromatic N) is 4. The predicted molar refractivity (Wildman–Crippen MR) is 139 cm³/mol. The average molecular weight is 483 g/mol. The lowest BCUT2D eigenvalue weighted by Gasteiger charge is -2.36. The fraction of sp³-hybridized carbons (Fsp3) is 0.520. The van der Waals surface area contributed by atoms with Gasteiger partial charge in [-0.2, -0.15) is 0 Å². The summed E-state index contributed by atoms with van der Waals surface area (Å²) in [5, 5.41) is 0. The number of thioether (sulfide) groups is 1. The summed E-state index contributed by atoms with van der Waals surface area (Å²) in [4.78, 5) is 36.6. The van der Waals surface area contributed by atoms with Crippen LogP contribution in [0.15, 0.2) is 28.0 Å². The first kappa shape index (κ1) is 22.6. The van der Waals surface area contributed by atoms with Gasteiger partial charge >= 0.3 is 0 Å². The first-order valence-corrected chi connectivity index (χ1v) is 13.1. The van der Waals surface area contributed by atoms with Crippen molar-refractivity contribution in [2.75, 3.05) is 18.0 Å². The summed E-state index contributed by atoms with van der Waals surface area (Å²) in [5.41, 5.74) is 1.95. The molecule has 4 heterocycles. The molecule has 1 saturated carbocycles. The first-order valence-electron chi connectivity index (χ1n) is 11.9. The summed E-state index contributed by atoms with van der Waals surface area (Å²) >= 11 is 6.89. The van der Waals surface area contributed by atoms with E-state index in [2.05, 4.69) is 18.7 Å². The quantitative estimate of drug-likeness (QED) is 0.470. The number of rotatable bonds is 3. The Hall–Kier alpha value is -2.19. The maximum Gasteiger partial charge on any atom is 0.267 e. The van der Waals surface area contributed by atoms with Crippen LogP contribution in [-0.2, 0) is 4.79 Å². The molecule has 2 unspecified atom stereocenters. The molecule has 0 aromatic carbocycles. The van der Waals surface area contributed by atoms with Gasteiger partial charge in [0.05, 0.1) is 10.5 Å². The molecule has 0 radical (unpaired) electrons. The summed E-state index contributed by atoms with van der Waals surface area (Å²) in [5.74, 6) is 1.63. The minimum Gasteiger partial charge on any atom is -0.355 e. The number of carbonyl (C=O) groups excluding carboxylic acids is 1. The van der Waals surface area contributed by atoms with E-state index in [1.807, 2.05) is 19.1 Å². The van der Waals surface area contributed by atoms with E-state index in [1.54, 1.807) is 21.6 Å². The van der Waals surface area contributed by atoms with E-state index >= 15 is 0 Å². The van der Waals surface area contributed by atoms with E-state index in [-0.39, 0.29) is 17.5 Å². The van der Waals surface area contributed by atoms with Gasteiger partial charge in [0.2, 0.25) is 0 Å². The molecule has 174 valence electrons. The van der Waals surface area contributed by atoms with Gasteiger partial charge in [0.15, 0.2) is 0 Å². The van der Waals surface area contributed by atoms with Gasteiger partial charge in [-0.15, -0.1) is 0 Å². The van der Waals surface area contributed by atoms with Gasteiger partial charge in [-0.05, 0) is 55.7 Å². The van der Waals surface area contributed by atoms with E-state index in [4.69, 9.17) is 17.2 Å². The van der Waals surface area contributed by atoms with Crippen molar-refractivity contribution in [1.82, 2.24) is 14.3 Å². The number of thiocarbonyl (C=S) groups is 1. The highest BCUT2D eigenvalue weighted by Gasteiger charge is 2.38. The number of piperidine rings is 1. The van der Waals surface area contributed by atoms with Crippen LogP contribution in [0.4, 0.5) is 5.82 Å². The minimum atomic E-state index is -0.143. The number of hydrogen-bond donors (Lipinski definition) is 0. The van der Waals surface area contributed by atoms with E-state index < -0.39 is 0 Å². The molecule has 5 rings (SSSR count). The Balaban J connectivity index is 1.64.